The zero-order valence-corrected chi connectivity index (χ0v) is 9.58. The molecule has 0 aliphatic rings. The maximum absolute atomic E-state index is 10.6. The molecule has 1 rings (SSSR count). The average Bonchev–Trinajstić information content (AvgIpc) is 2.19. The van der Waals surface area contributed by atoms with Gasteiger partial charge in [0.15, 0.2) is 0 Å². The van der Waals surface area contributed by atoms with Crippen molar-refractivity contribution in [3.63, 3.8) is 0 Å². The first-order valence-electron chi connectivity index (χ1n) is 5.29. The van der Waals surface area contributed by atoms with Crippen molar-refractivity contribution >= 4 is 5.97 Å². The van der Waals surface area contributed by atoms with E-state index in [-0.39, 0.29) is 5.92 Å². The van der Waals surface area contributed by atoms with E-state index >= 15 is 0 Å². The van der Waals surface area contributed by atoms with Gasteiger partial charge >= 0.3 is 5.97 Å². The van der Waals surface area contributed by atoms with E-state index in [1.807, 2.05) is 0 Å². The Bertz CT molecular complexity index is 356. The van der Waals surface area contributed by atoms with Crippen LogP contribution in [0, 0.1) is 19.8 Å². The third kappa shape index (κ3) is 3.39. The molecule has 1 aromatic carbocycles. The minimum Gasteiger partial charge on any atom is -0.481 e. The van der Waals surface area contributed by atoms with Crippen molar-refractivity contribution in [2.45, 2.75) is 33.6 Å². The molecule has 0 radical (unpaired) electrons. The monoisotopic (exact) mass is 206 g/mol. The Kier molecular flexibility index (Phi) is 3.89. The molecular weight excluding hydrogens is 188 g/mol. The molecule has 0 saturated heterocycles. The molecule has 1 N–H and O–H groups in total. The van der Waals surface area contributed by atoms with Crippen LogP contribution < -0.4 is 0 Å². The Morgan fingerprint density at radius 2 is 2.00 bits per heavy atom. The van der Waals surface area contributed by atoms with Crippen LogP contribution >= 0.6 is 0 Å². The zero-order valence-electron chi connectivity index (χ0n) is 9.58. The maximum Gasteiger partial charge on any atom is 0.306 e. The highest BCUT2D eigenvalue weighted by Crippen LogP contribution is 2.14. The molecule has 0 heterocycles. The van der Waals surface area contributed by atoms with Gasteiger partial charge in [-0.3, -0.25) is 4.79 Å². The molecule has 2 nitrogen and oxygen atoms in total. The molecule has 0 bridgehead atoms. The van der Waals surface area contributed by atoms with Crippen molar-refractivity contribution in [3.8, 4) is 0 Å². The molecule has 0 aliphatic heterocycles. The molecular formula is C13H18O2. The summed E-state index contributed by atoms with van der Waals surface area (Å²) in [6.45, 7) is 5.92. The molecule has 1 atom stereocenters. The van der Waals surface area contributed by atoms with E-state index in [2.05, 4.69) is 32.0 Å². The van der Waals surface area contributed by atoms with Gasteiger partial charge in [-0.05, 0) is 43.4 Å². The van der Waals surface area contributed by atoms with Crippen LogP contribution in [-0.4, -0.2) is 11.1 Å². The molecule has 0 saturated carbocycles. The quantitative estimate of drug-likeness (QED) is 0.822. The Morgan fingerprint density at radius 1 is 1.33 bits per heavy atom. The number of benzene rings is 1. The summed E-state index contributed by atoms with van der Waals surface area (Å²) in [6.07, 6.45) is 1.55. The predicted octanol–water partition coefficient (Wildman–Crippen LogP) is 2.96. The van der Waals surface area contributed by atoms with E-state index in [0.717, 1.165) is 6.42 Å². The van der Waals surface area contributed by atoms with Crippen LogP contribution in [0.3, 0.4) is 0 Å². The third-order valence-electron chi connectivity index (χ3n) is 2.86. The second-order valence-corrected chi connectivity index (χ2v) is 4.20. The molecule has 0 fully saturated rings. The SMILES string of the molecule is Cc1ccc(CCC(C)C(=O)O)cc1C. The summed E-state index contributed by atoms with van der Waals surface area (Å²) in [5.41, 5.74) is 3.78. The number of carboxylic acid groups (broad SMARTS) is 1. The summed E-state index contributed by atoms with van der Waals surface area (Å²) in [7, 11) is 0. The smallest absolute Gasteiger partial charge is 0.306 e. The van der Waals surface area contributed by atoms with Gasteiger partial charge in [0, 0.05) is 0 Å². The Labute approximate surface area is 90.9 Å². The Morgan fingerprint density at radius 3 is 2.53 bits per heavy atom. The highest BCUT2D eigenvalue weighted by Gasteiger charge is 2.10. The predicted molar refractivity (Wildman–Crippen MR) is 61.0 cm³/mol. The van der Waals surface area contributed by atoms with Gasteiger partial charge in [0.2, 0.25) is 0 Å². The standard InChI is InChI=1S/C13H18O2/c1-9-4-6-12(8-11(9)3)7-5-10(2)13(14)15/h4,6,8,10H,5,7H2,1-3H3,(H,14,15). The van der Waals surface area contributed by atoms with E-state index in [1.165, 1.54) is 16.7 Å². The molecule has 0 spiro atoms. The Hall–Kier alpha value is -1.31. The number of hydrogen-bond donors (Lipinski definition) is 1. The van der Waals surface area contributed by atoms with Crippen LogP contribution in [0.15, 0.2) is 18.2 Å². The summed E-state index contributed by atoms with van der Waals surface area (Å²) < 4.78 is 0. The number of hydrogen-bond acceptors (Lipinski definition) is 1. The second kappa shape index (κ2) is 4.96. The van der Waals surface area contributed by atoms with Crippen LogP contribution in [0.4, 0.5) is 0 Å². The van der Waals surface area contributed by atoms with Gasteiger partial charge in [-0.1, -0.05) is 25.1 Å². The van der Waals surface area contributed by atoms with E-state index in [4.69, 9.17) is 5.11 Å². The van der Waals surface area contributed by atoms with E-state index in [1.54, 1.807) is 6.92 Å². The van der Waals surface area contributed by atoms with Crippen molar-refractivity contribution in [2.75, 3.05) is 0 Å². The first-order valence-corrected chi connectivity index (χ1v) is 5.29. The lowest BCUT2D eigenvalue weighted by atomic mass is 9.98. The van der Waals surface area contributed by atoms with Crippen LogP contribution in [-0.2, 0) is 11.2 Å². The first-order chi connectivity index (χ1) is 7.00. The van der Waals surface area contributed by atoms with Crippen LogP contribution in [0.2, 0.25) is 0 Å². The summed E-state index contributed by atoms with van der Waals surface area (Å²) in [4.78, 5) is 10.6. The number of carbonyl (C=O) groups is 1. The Balaban J connectivity index is 2.58. The fourth-order valence-electron chi connectivity index (χ4n) is 1.47. The van der Waals surface area contributed by atoms with E-state index in [0.29, 0.717) is 6.42 Å². The fourth-order valence-corrected chi connectivity index (χ4v) is 1.47. The molecule has 2 heteroatoms. The molecule has 0 amide bonds. The van der Waals surface area contributed by atoms with Gasteiger partial charge in [0.1, 0.15) is 0 Å². The van der Waals surface area contributed by atoms with Gasteiger partial charge < -0.3 is 5.11 Å². The highest BCUT2D eigenvalue weighted by atomic mass is 16.4. The molecule has 1 aromatic rings. The fraction of sp³-hybridized carbons (Fsp3) is 0.462. The first kappa shape index (κ1) is 11.8. The van der Waals surface area contributed by atoms with Crippen LogP contribution in [0.5, 0.6) is 0 Å². The van der Waals surface area contributed by atoms with Crippen molar-refractivity contribution in [3.05, 3.63) is 34.9 Å². The zero-order chi connectivity index (χ0) is 11.4. The van der Waals surface area contributed by atoms with E-state index in [9.17, 15) is 4.79 Å². The van der Waals surface area contributed by atoms with Gasteiger partial charge in [-0.15, -0.1) is 0 Å². The average molecular weight is 206 g/mol. The number of rotatable bonds is 4. The van der Waals surface area contributed by atoms with Crippen molar-refractivity contribution in [2.24, 2.45) is 5.92 Å². The summed E-state index contributed by atoms with van der Waals surface area (Å²) in [5, 5.41) is 8.76. The van der Waals surface area contributed by atoms with E-state index < -0.39 is 5.97 Å². The lowest BCUT2D eigenvalue weighted by Gasteiger charge is -2.07. The molecule has 15 heavy (non-hydrogen) atoms. The van der Waals surface area contributed by atoms with Crippen LogP contribution in [0.25, 0.3) is 0 Å². The maximum atomic E-state index is 10.6. The third-order valence-corrected chi connectivity index (χ3v) is 2.86. The van der Waals surface area contributed by atoms with Gasteiger partial charge in [-0.2, -0.15) is 0 Å². The molecule has 0 aliphatic carbocycles. The minimum atomic E-state index is -0.709. The largest absolute Gasteiger partial charge is 0.481 e. The lowest BCUT2D eigenvalue weighted by Crippen LogP contribution is -2.10. The number of carboxylic acids is 1. The molecule has 82 valence electrons. The summed E-state index contributed by atoms with van der Waals surface area (Å²) in [5.74, 6) is -0.967. The van der Waals surface area contributed by atoms with Crippen molar-refractivity contribution < 1.29 is 9.90 Å². The highest BCUT2D eigenvalue weighted by molar-refractivity contribution is 5.69. The van der Waals surface area contributed by atoms with Crippen LogP contribution in [0.1, 0.15) is 30.0 Å². The number of aryl methyl sites for hydroxylation is 3. The van der Waals surface area contributed by atoms with Crippen molar-refractivity contribution in [1.82, 2.24) is 0 Å². The van der Waals surface area contributed by atoms with Crippen molar-refractivity contribution in [1.29, 1.82) is 0 Å². The second-order valence-electron chi connectivity index (χ2n) is 4.20. The normalized spacial score (nSPS) is 12.5. The topological polar surface area (TPSA) is 37.3 Å². The number of aliphatic carboxylic acids is 1. The van der Waals surface area contributed by atoms with Gasteiger partial charge in [-0.25, -0.2) is 0 Å². The molecule has 1 unspecified atom stereocenters. The molecule has 0 aromatic heterocycles. The minimum absolute atomic E-state index is 0.258. The summed E-state index contributed by atoms with van der Waals surface area (Å²) >= 11 is 0. The summed E-state index contributed by atoms with van der Waals surface area (Å²) in [6, 6.07) is 6.32. The van der Waals surface area contributed by atoms with Gasteiger partial charge in [0.05, 0.1) is 5.92 Å². The lowest BCUT2D eigenvalue weighted by molar-refractivity contribution is -0.141. The van der Waals surface area contributed by atoms with Gasteiger partial charge in [0.25, 0.3) is 0 Å².